The molecule has 0 fully saturated rings. The lowest BCUT2D eigenvalue weighted by atomic mass is 10.0. The lowest BCUT2D eigenvalue weighted by Gasteiger charge is -2.01. The van der Waals surface area contributed by atoms with Crippen LogP contribution in [0.5, 0.6) is 0 Å². The van der Waals surface area contributed by atoms with E-state index in [9.17, 15) is 9.90 Å². The quantitative estimate of drug-likeness (QED) is 0.429. The van der Waals surface area contributed by atoms with E-state index in [0.29, 0.717) is 17.7 Å². The van der Waals surface area contributed by atoms with Crippen LogP contribution in [0.15, 0.2) is 59.5 Å². The fraction of sp³-hybridized carbons (Fsp3) is 0.0625. The largest absolute Gasteiger partial charge is 0.504 e. The predicted molar refractivity (Wildman–Crippen MR) is 79.3 cm³/mol. The number of allylic oxidation sites excluding steroid dienone is 1. The van der Waals surface area contributed by atoms with Gasteiger partial charge in [-0.15, -0.1) is 0 Å². The van der Waals surface area contributed by atoms with Crippen LogP contribution in [0.25, 0.3) is 5.76 Å². The van der Waals surface area contributed by atoms with E-state index in [4.69, 9.17) is 4.42 Å². The molecule has 6 nitrogen and oxygen atoms in total. The highest BCUT2D eigenvalue weighted by Crippen LogP contribution is 2.18. The van der Waals surface area contributed by atoms with Gasteiger partial charge in [0.15, 0.2) is 11.5 Å². The SMILES string of the molecule is O=C(C=C(O)c1nc[nH]n1)c1ccoc1Cc1ccccc1. The molecule has 0 spiro atoms. The number of hydrogen-bond donors (Lipinski definition) is 2. The van der Waals surface area contributed by atoms with Crippen molar-refractivity contribution in [3.05, 3.63) is 77.8 Å². The zero-order valence-electron chi connectivity index (χ0n) is 11.6. The molecular weight excluding hydrogens is 282 g/mol. The number of benzene rings is 1. The summed E-state index contributed by atoms with van der Waals surface area (Å²) in [6, 6.07) is 11.3. The molecule has 6 heteroatoms. The van der Waals surface area contributed by atoms with E-state index >= 15 is 0 Å². The highest BCUT2D eigenvalue weighted by molar-refractivity contribution is 6.08. The minimum absolute atomic E-state index is 0.0708. The van der Waals surface area contributed by atoms with Gasteiger partial charge in [0, 0.05) is 12.5 Å². The van der Waals surface area contributed by atoms with E-state index in [0.717, 1.165) is 11.6 Å². The second kappa shape index (κ2) is 6.09. The number of carbonyl (C=O) groups excluding carboxylic acids is 1. The fourth-order valence-corrected chi connectivity index (χ4v) is 2.08. The van der Waals surface area contributed by atoms with Gasteiger partial charge in [-0.1, -0.05) is 30.3 Å². The highest BCUT2D eigenvalue weighted by Gasteiger charge is 2.15. The number of hydrogen-bond acceptors (Lipinski definition) is 5. The molecule has 0 atom stereocenters. The van der Waals surface area contributed by atoms with Crippen LogP contribution >= 0.6 is 0 Å². The Labute approximate surface area is 126 Å². The van der Waals surface area contributed by atoms with Crippen LogP contribution in [0.2, 0.25) is 0 Å². The lowest BCUT2D eigenvalue weighted by molar-refractivity contribution is 0.104. The fourth-order valence-electron chi connectivity index (χ4n) is 2.08. The molecule has 0 radical (unpaired) electrons. The first-order valence-electron chi connectivity index (χ1n) is 6.65. The summed E-state index contributed by atoms with van der Waals surface area (Å²) >= 11 is 0. The van der Waals surface area contributed by atoms with Crippen molar-refractivity contribution in [1.82, 2.24) is 15.2 Å². The first kappa shape index (κ1) is 13.8. The van der Waals surface area contributed by atoms with Crippen LogP contribution in [-0.4, -0.2) is 26.1 Å². The molecule has 0 saturated carbocycles. The number of ketones is 1. The van der Waals surface area contributed by atoms with Crippen molar-refractivity contribution >= 4 is 11.5 Å². The lowest BCUT2D eigenvalue weighted by Crippen LogP contribution is -2.00. The smallest absolute Gasteiger partial charge is 0.215 e. The molecule has 3 aromatic rings. The molecule has 0 unspecified atom stereocenters. The Morgan fingerprint density at radius 1 is 1.27 bits per heavy atom. The van der Waals surface area contributed by atoms with E-state index in [1.54, 1.807) is 6.07 Å². The third kappa shape index (κ3) is 2.95. The predicted octanol–water partition coefficient (Wildman–Crippen LogP) is 2.77. The number of rotatable bonds is 5. The van der Waals surface area contributed by atoms with Crippen LogP contribution in [0.3, 0.4) is 0 Å². The van der Waals surface area contributed by atoms with Crippen molar-refractivity contribution in [1.29, 1.82) is 0 Å². The number of H-pyrrole nitrogens is 1. The molecule has 0 saturated heterocycles. The van der Waals surface area contributed by atoms with Gasteiger partial charge in [-0.3, -0.25) is 9.89 Å². The number of aromatic nitrogens is 3. The molecule has 0 aliphatic carbocycles. The van der Waals surface area contributed by atoms with Gasteiger partial charge in [0.05, 0.1) is 11.8 Å². The molecule has 0 aliphatic heterocycles. The summed E-state index contributed by atoms with van der Waals surface area (Å²) in [5, 5.41) is 16.0. The minimum atomic E-state index is -0.359. The van der Waals surface area contributed by atoms with Crippen molar-refractivity contribution in [2.45, 2.75) is 6.42 Å². The van der Waals surface area contributed by atoms with Crippen LogP contribution in [0, 0.1) is 0 Å². The van der Waals surface area contributed by atoms with Crippen LogP contribution in [0.4, 0.5) is 0 Å². The monoisotopic (exact) mass is 295 g/mol. The molecule has 0 aliphatic rings. The number of aromatic amines is 1. The van der Waals surface area contributed by atoms with Gasteiger partial charge >= 0.3 is 0 Å². The number of carbonyl (C=O) groups is 1. The number of aliphatic hydroxyl groups is 1. The van der Waals surface area contributed by atoms with Gasteiger partial charge in [-0.2, -0.15) is 5.10 Å². The highest BCUT2D eigenvalue weighted by atomic mass is 16.3. The number of furan rings is 1. The van der Waals surface area contributed by atoms with E-state index in [-0.39, 0.29) is 17.4 Å². The third-order valence-corrected chi connectivity index (χ3v) is 3.13. The van der Waals surface area contributed by atoms with Crippen molar-refractivity contribution in [3.8, 4) is 0 Å². The van der Waals surface area contributed by atoms with E-state index in [1.807, 2.05) is 30.3 Å². The normalized spacial score (nSPS) is 11.5. The zero-order valence-corrected chi connectivity index (χ0v) is 11.6. The van der Waals surface area contributed by atoms with E-state index in [2.05, 4.69) is 15.2 Å². The molecule has 0 bridgehead atoms. The molecule has 0 amide bonds. The summed E-state index contributed by atoms with van der Waals surface area (Å²) in [6.07, 6.45) is 4.37. The van der Waals surface area contributed by atoms with Gasteiger partial charge in [-0.25, -0.2) is 4.98 Å². The molecule has 3 rings (SSSR count). The first-order valence-corrected chi connectivity index (χ1v) is 6.65. The number of aliphatic hydroxyl groups excluding tert-OH is 1. The Hall–Kier alpha value is -3.15. The maximum Gasteiger partial charge on any atom is 0.215 e. The molecule has 2 N–H and O–H groups in total. The van der Waals surface area contributed by atoms with Crippen molar-refractivity contribution in [2.24, 2.45) is 0 Å². The summed E-state index contributed by atoms with van der Waals surface area (Å²) in [5.41, 5.74) is 1.44. The van der Waals surface area contributed by atoms with Gasteiger partial charge < -0.3 is 9.52 Å². The average Bonchev–Trinajstić information content (AvgIpc) is 3.19. The Kier molecular flexibility index (Phi) is 3.82. The second-order valence-electron chi connectivity index (χ2n) is 4.64. The van der Waals surface area contributed by atoms with Gasteiger partial charge in [0.25, 0.3) is 0 Å². The molecule has 110 valence electrons. The summed E-state index contributed by atoms with van der Waals surface area (Å²) < 4.78 is 5.39. The third-order valence-electron chi connectivity index (χ3n) is 3.13. The summed E-state index contributed by atoms with van der Waals surface area (Å²) in [7, 11) is 0. The van der Waals surface area contributed by atoms with Crippen LogP contribution in [-0.2, 0) is 6.42 Å². The second-order valence-corrected chi connectivity index (χ2v) is 4.64. The summed E-state index contributed by atoms with van der Waals surface area (Å²) in [5.74, 6) is -0.0308. The maximum absolute atomic E-state index is 12.3. The van der Waals surface area contributed by atoms with Crippen molar-refractivity contribution in [2.75, 3.05) is 0 Å². The molecule has 22 heavy (non-hydrogen) atoms. The zero-order chi connectivity index (χ0) is 15.4. The summed E-state index contributed by atoms with van der Waals surface area (Å²) in [6.45, 7) is 0. The topological polar surface area (TPSA) is 92.0 Å². The van der Waals surface area contributed by atoms with Crippen LogP contribution in [0.1, 0.15) is 27.5 Å². The Morgan fingerprint density at radius 3 is 2.82 bits per heavy atom. The van der Waals surface area contributed by atoms with Gasteiger partial charge in [0.2, 0.25) is 5.82 Å². The molecular formula is C16H13N3O3. The first-order chi connectivity index (χ1) is 10.7. The Bertz CT molecular complexity index is 789. The van der Waals surface area contributed by atoms with Crippen molar-refractivity contribution < 1.29 is 14.3 Å². The van der Waals surface area contributed by atoms with E-state index < -0.39 is 0 Å². The Balaban J connectivity index is 1.82. The van der Waals surface area contributed by atoms with Crippen molar-refractivity contribution in [3.63, 3.8) is 0 Å². The minimum Gasteiger partial charge on any atom is -0.504 e. The van der Waals surface area contributed by atoms with Crippen LogP contribution < -0.4 is 0 Å². The number of nitrogens with one attached hydrogen (secondary N) is 1. The standard InChI is InChI=1S/C16H13N3O3/c20-13(9-14(21)16-17-10-18-19-16)12-6-7-22-15(12)8-11-4-2-1-3-5-11/h1-7,9-10,21H,8H2,(H,17,18,19). The van der Waals surface area contributed by atoms with E-state index in [1.165, 1.54) is 12.6 Å². The number of nitrogens with zero attached hydrogens (tertiary/aromatic N) is 2. The molecule has 2 heterocycles. The average molecular weight is 295 g/mol. The van der Waals surface area contributed by atoms with Gasteiger partial charge in [-0.05, 0) is 11.6 Å². The molecule has 2 aromatic heterocycles. The summed E-state index contributed by atoms with van der Waals surface area (Å²) in [4.78, 5) is 16.0. The maximum atomic E-state index is 12.3. The molecule has 1 aromatic carbocycles. The Morgan fingerprint density at radius 2 is 2.09 bits per heavy atom. The van der Waals surface area contributed by atoms with Gasteiger partial charge in [0.1, 0.15) is 12.1 Å².